The fourth-order valence-electron chi connectivity index (χ4n) is 2.35. The number of hydrogen-bond acceptors (Lipinski definition) is 5. The molecular weight excluding hydrogens is 326 g/mol. The zero-order chi connectivity index (χ0) is 17.5. The quantitative estimate of drug-likeness (QED) is 0.763. The van der Waals surface area contributed by atoms with Gasteiger partial charge >= 0.3 is 0 Å². The summed E-state index contributed by atoms with van der Waals surface area (Å²) in [4.78, 5) is 12.4. The lowest BCUT2D eigenvalue weighted by atomic mass is 10.2. The van der Waals surface area contributed by atoms with E-state index >= 15 is 0 Å². The Labute approximate surface area is 146 Å². The van der Waals surface area contributed by atoms with Crippen LogP contribution in [0.3, 0.4) is 0 Å². The largest absolute Gasteiger partial charge is 0.497 e. The molecule has 0 unspecified atom stereocenters. The highest BCUT2D eigenvalue weighted by molar-refractivity contribution is 7.98. The van der Waals surface area contributed by atoms with Gasteiger partial charge in [-0.1, -0.05) is 0 Å². The molecule has 0 bridgehead atoms. The van der Waals surface area contributed by atoms with Crippen LogP contribution in [0.5, 0.6) is 5.75 Å². The van der Waals surface area contributed by atoms with Crippen LogP contribution in [0.15, 0.2) is 30.5 Å². The molecule has 2 rings (SSSR count). The second-order valence-corrected chi connectivity index (χ2v) is 6.37. The molecular formula is C17H23N3O3S. The minimum atomic E-state index is -0.242. The van der Waals surface area contributed by atoms with Gasteiger partial charge in [0.05, 0.1) is 42.9 Å². The summed E-state index contributed by atoms with van der Waals surface area (Å²) in [5.41, 5.74) is 2.11. The molecule has 1 amide bonds. The number of carbonyl (C=O) groups excluding carboxylic acids is 1. The van der Waals surface area contributed by atoms with Crippen LogP contribution in [0, 0.1) is 6.92 Å². The van der Waals surface area contributed by atoms with Gasteiger partial charge in [-0.05, 0) is 49.6 Å². The lowest BCUT2D eigenvalue weighted by Crippen LogP contribution is -2.38. The van der Waals surface area contributed by atoms with Gasteiger partial charge in [0.1, 0.15) is 5.75 Å². The van der Waals surface area contributed by atoms with Gasteiger partial charge in [-0.15, -0.1) is 0 Å². The molecule has 0 aliphatic carbocycles. The van der Waals surface area contributed by atoms with E-state index in [2.05, 4.69) is 10.4 Å². The number of aromatic nitrogens is 2. The van der Waals surface area contributed by atoms with Gasteiger partial charge in [0, 0.05) is 0 Å². The fourth-order valence-corrected chi connectivity index (χ4v) is 2.87. The minimum Gasteiger partial charge on any atom is -0.497 e. The molecule has 130 valence electrons. The molecule has 6 nitrogen and oxygen atoms in total. The third-order valence-corrected chi connectivity index (χ3v) is 4.44. The van der Waals surface area contributed by atoms with Gasteiger partial charge in [0.2, 0.25) is 0 Å². The second-order valence-electron chi connectivity index (χ2n) is 5.39. The summed E-state index contributed by atoms with van der Waals surface area (Å²) >= 11 is 1.69. The molecule has 0 spiro atoms. The Kier molecular flexibility index (Phi) is 6.69. The number of ether oxygens (including phenoxy) is 1. The highest BCUT2D eigenvalue weighted by atomic mass is 32.2. The maximum atomic E-state index is 12.4. The van der Waals surface area contributed by atoms with E-state index in [1.165, 1.54) is 0 Å². The molecule has 1 aromatic carbocycles. The second kappa shape index (κ2) is 8.75. The van der Waals surface area contributed by atoms with Crippen LogP contribution in [-0.4, -0.2) is 52.6 Å². The summed E-state index contributed by atoms with van der Waals surface area (Å²) in [6.45, 7) is 1.78. The van der Waals surface area contributed by atoms with Crippen LogP contribution in [0.2, 0.25) is 0 Å². The standard InChI is InChI=1S/C17H23N3O3S/c1-12-16(17(22)19-13(11-21)8-9-24-3)10-18-20(12)14-4-6-15(23-2)7-5-14/h4-7,10,13,21H,8-9,11H2,1-3H3,(H,19,22)/t13-/m0/s1. The average Bonchev–Trinajstić information content (AvgIpc) is 3.00. The Bertz CT molecular complexity index is 670. The zero-order valence-corrected chi connectivity index (χ0v) is 15.0. The number of amides is 1. The van der Waals surface area contributed by atoms with Crippen molar-refractivity contribution in [1.82, 2.24) is 15.1 Å². The molecule has 1 aromatic heterocycles. The first-order valence-electron chi connectivity index (χ1n) is 7.70. The van der Waals surface area contributed by atoms with Crippen LogP contribution < -0.4 is 10.1 Å². The topological polar surface area (TPSA) is 76.4 Å². The molecule has 0 aliphatic rings. The third-order valence-electron chi connectivity index (χ3n) is 3.80. The first kappa shape index (κ1) is 18.4. The number of nitrogens with one attached hydrogen (secondary N) is 1. The molecule has 0 saturated heterocycles. The van der Waals surface area contributed by atoms with Crippen LogP contribution in [0.4, 0.5) is 0 Å². The van der Waals surface area contributed by atoms with Crippen molar-refractivity contribution in [1.29, 1.82) is 0 Å². The molecule has 24 heavy (non-hydrogen) atoms. The molecule has 1 atom stereocenters. The Morgan fingerprint density at radius 1 is 1.42 bits per heavy atom. The predicted molar refractivity (Wildman–Crippen MR) is 96.2 cm³/mol. The SMILES string of the molecule is COc1ccc(-n2ncc(C(=O)N[C@H](CO)CCSC)c2C)cc1. The maximum Gasteiger partial charge on any atom is 0.255 e. The molecule has 1 heterocycles. The maximum absolute atomic E-state index is 12.4. The lowest BCUT2D eigenvalue weighted by molar-refractivity contribution is 0.0914. The summed E-state index contributed by atoms with van der Waals surface area (Å²) < 4.78 is 6.86. The summed E-state index contributed by atoms with van der Waals surface area (Å²) in [5, 5.41) is 16.6. The van der Waals surface area contributed by atoms with E-state index in [1.807, 2.05) is 37.4 Å². The van der Waals surface area contributed by atoms with Crippen LogP contribution in [0.1, 0.15) is 22.5 Å². The highest BCUT2D eigenvalue weighted by Gasteiger charge is 2.18. The van der Waals surface area contributed by atoms with E-state index in [0.717, 1.165) is 29.3 Å². The number of nitrogens with zero attached hydrogens (tertiary/aromatic N) is 2. The van der Waals surface area contributed by atoms with Gasteiger partial charge in [-0.2, -0.15) is 16.9 Å². The van der Waals surface area contributed by atoms with Gasteiger partial charge in [0.15, 0.2) is 0 Å². The molecule has 0 aliphatic heterocycles. The number of aliphatic hydroxyl groups excluding tert-OH is 1. The average molecular weight is 349 g/mol. The van der Waals surface area contributed by atoms with Gasteiger partial charge < -0.3 is 15.2 Å². The number of thioether (sulfide) groups is 1. The van der Waals surface area contributed by atoms with Crippen molar-refractivity contribution < 1.29 is 14.6 Å². The van der Waals surface area contributed by atoms with Crippen molar-refractivity contribution in [3.8, 4) is 11.4 Å². The summed E-state index contributed by atoms with van der Waals surface area (Å²) in [6, 6.07) is 7.22. The number of benzene rings is 1. The van der Waals surface area contributed by atoms with E-state index in [0.29, 0.717) is 5.56 Å². The molecule has 2 aromatic rings. The molecule has 2 N–H and O–H groups in total. The van der Waals surface area contributed by atoms with E-state index < -0.39 is 0 Å². The van der Waals surface area contributed by atoms with E-state index in [9.17, 15) is 9.90 Å². The van der Waals surface area contributed by atoms with E-state index in [-0.39, 0.29) is 18.6 Å². The Hall–Kier alpha value is -1.99. The molecule has 0 saturated carbocycles. The summed E-state index contributed by atoms with van der Waals surface area (Å²) in [6.07, 6.45) is 4.28. The molecule has 0 fully saturated rings. The smallest absolute Gasteiger partial charge is 0.255 e. The van der Waals surface area contributed by atoms with Gasteiger partial charge in [-0.25, -0.2) is 4.68 Å². The Morgan fingerprint density at radius 3 is 2.71 bits per heavy atom. The lowest BCUT2D eigenvalue weighted by Gasteiger charge is -2.15. The van der Waals surface area contributed by atoms with E-state index in [4.69, 9.17) is 4.74 Å². The van der Waals surface area contributed by atoms with Crippen molar-refractivity contribution in [3.63, 3.8) is 0 Å². The first-order valence-corrected chi connectivity index (χ1v) is 9.09. The number of hydrogen-bond donors (Lipinski definition) is 2. The Balaban J connectivity index is 2.14. The van der Waals surface area contributed by atoms with Gasteiger partial charge in [-0.3, -0.25) is 4.79 Å². The first-order chi connectivity index (χ1) is 11.6. The normalized spacial score (nSPS) is 12.0. The minimum absolute atomic E-state index is 0.0715. The molecule has 7 heteroatoms. The zero-order valence-electron chi connectivity index (χ0n) is 14.2. The van der Waals surface area contributed by atoms with Crippen molar-refractivity contribution in [2.75, 3.05) is 25.7 Å². The highest BCUT2D eigenvalue weighted by Crippen LogP contribution is 2.18. The Morgan fingerprint density at radius 2 is 2.12 bits per heavy atom. The van der Waals surface area contributed by atoms with Crippen LogP contribution in [-0.2, 0) is 0 Å². The monoisotopic (exact) mass is 349 g/mol. The number of aliphatic hydroxyl groups is 1. The fraction of sp³-hybridized carbons (Fsp3) is 0.412. The number of carbonyl (C=O) groups is 1. The van der Waals surface area contributed by atoms with Crippen molar-refractivity contribution in [2.24, 2.45) is 0 Å². The summed E-state index contributed by atoms with van der Waals surface area (Å²) in [5.74, 6) is 1.43. The molecule has 0 radical (unpaired) electrons. The summed E-state index contributed by atoms with van der Waals surface area (Å²) in [7, 11) is 1.62. The van der Waals surface area contributed by atoms with Crippen LogP contribution >= 0.6 is 11.8 Å². The van der Waals surface area contributed by atoms with Gasteiger partial charge in [0.25, 0.3) is 5.91 Å². The predicted octanol–water partition coefficient (Wildman–Crippen LogP) is 2.03. The number of rotatable bonds is 8. The number of methoxy groups -OCH3 is 1. The van der Waals surface area contributed by atoms with E-state index in [1.54, 1.807) is 29.8 Å². The van der Waals surface area contributed by atoms with Crippen molar-refractivity contribution in [2.45, 2.75) is 19.4 Å². The van der Waals surface area contributed by atoms with Crippen molar-refractivity contribution >= 4 is 17.7 Å². The van der Waals surface area contributed by atoms with Crippen molar-refractivity contribution in [3.05, 3.63) is 41.7 Å². The van der Waals surface area contributed by atoms with Crippen LogP contribution in [0.25, 0.3) is 5.69 Å². The third kappa shape index (κ3) is 4.30.